The first-order valence-electron chi connectivity index (χ1n) is 3.90. The van der Waals surface area contributed by atoms with Crippen molar-refractivity contribution in [2.45, 2.75) is 12.6 Å². The summed E-state index contributed by atoms with van der Waals surface area (Å²) in [5.74, 6) is -0.569. The number of aliphatic hydroxyl groups is 1. The van der Waals surface area contributed by atoms with Crippen molar-refractivity contribution in [1.29, 1.82) is 0 Å². The van der Waals surface area contributed by atoms with Gasteiger partial charge in [0.2, 0.25) is 0 Å². The number of benzene rings is 1. The molecule has 68 valence electrons. The summed E-state index contributed by atoms with van der Waals surface area (Å²) < 4.78 is 0. The third kappa shape index (κ3) is 0.897. The fourth-order valence-corrected chi connectivity index (χ4v) is 1.51. The van der Waals surface area contributed by atoms with Gasteiger partial charge in [0.1, 0.15) is 0 Å². The van der Waals surface area contributed by atoms with Gasteiger partial charge in [-0.15, -0.1) is 0 Å². The van der Waals surface area contributed by atoms with Crippen molar-refractivity contribution in [3.63, 3.8) is 0 Å². The Morgan fingerprint density at radius 1 is 1.38 bits per heavy atom. The van der Waals surface area contributed by atoms with Gasteiger partial charge in [-0.25, -0.2) is 0 Å². The number of fused-ring (bicyclic) bond motifs is 1. The number of amides is 1. The quantitative estimate of drug-likeness (QED) is 0.576. The summed E-state index contributed by atoms with van der Waals surface area (Å²) in [6, 6.07) is 6.58. The Bertz CT molecular complexity index is 373. The summed E-state index contributed by atoms with van der Waals surface area (Å²) in [5.41, 5.74) is -0.828. The van der Waals surface area contributed by atoms with E-state index in [1.54, 1.807) is 24.3 Å². The van der Waals surface area contributed by atoms with E-state index in [1.165, 1.54) is 6.92 Å². The van der Waals surface area contributed by atoms with Gasteiger partial charge in [0.05, 0.1) is 0 Å². The van der Waals surface area contributed by atoms with Gasteiger partial charge in [0.15, 0.2) is 5.72 Å². The highest BCUT2D eigenvalue weighted by Crippen LogP contribution is 2.34. The Labute approximate surface area is 75.0 Å². The molecule has 1 unspecified atom stereocenters. The predicted octanol–water partition coefficient (Wildman–Crippen LogP) is 0.697. The SMILES string of the molecule is CC1(O)c2ccccc2C(=O)N1O. The maximum absolute atomic E-state index is 11.3. The molecule has 0 radical (unpaired) electrons. The van der Waals surface area contributed by atoms with Crippen LogP contribution >= 0.6 is 0 Å². The molecular weight excluding hydrogens is 170 g/mol. The molecule has 1 aromatic rings. The van der Waals surface area contributed by atoms with Crippen LogP contribution in [0.15, 0.2) is 24.3 Å². The summed E-state index contributed by atoms with van der Waals surface area (Å²) in [7, 11) is 0. The molecular formula is C9H9NO3. The van der Waals surface area contributed by atoms with E-state index in [2.05, 4.69) is 0 Å². The Morgan fingerprint density at radius 2 is 2.00 bits per heavy atom. The van der Waals surface area contributed by atoms with Gasteiger partial charge in [-0.2, -0.15) is 5.06 Å². The highest BCUT2D eigenvalue weighted by Gasteiger charge is 2.44. The summed E-state index contributed by atoms with van der Waals surface area (Å²) in [5, 5.41) is 19.4. The van der Waals surface area contributed by atoms with Crippen LogP contribution in [0.25, 0.3) is 0 Å². The first-order chi connectivity index (χ1) is 6.05. The van der Waals surface area contributed by atoms with Crippen LogP contribution < -0.4 is 0 Å². The molecule has 0 spiro atoms. The molecule has 1 heterocycles. The van der Waals surface area contributed by atoms with Gasteiger partial charge in [-0.3, -0.25) is 10.0 Å². The van der Waals surface area contributed by atoms with E-state index in [1.807, 2.05) is 0 Å². The minimum Gasteiger partial charge on any atom is -0.365 e. The molecule has 1 aromatic carbocycles. The standard InChI is InChI=1S/C9H9NO3/c1-9(12)7-5-3-2-4-6(7)8(11)10(9)13/h2-5,12-13H,1H3. The molecule has 0 saturated carbocycles. The maximum Gasteiger partial charge on any atom is 0.280 e. The first-order valence-corrected chi connectivity index (χ1v) is 3.90. The molecule has 0 saturated heterocycles. The van der Waals surface area contributed by atoms with Gasteiger partial charge >= 0.3 is 0 Å². The smallest absolute Gasteiger partial charge is 0.280 e. The minimum absolute atomic E-state index is 0.343. The normalized spacial score (nSPS) is 26.4. The second kappa shape index (κ2) is 2.31. The molecule has 0 aromatic heterocycles. The van der Waals surface area contributed by atoms with Crippen molar-refractivity contribution >= 4 is 5.91 Å². The lowest BCUT2D eigenvalue weighted by molar-refractivity contribution is -0.215. The molecule has 0 bridgehead atoms. The summed E-state index contributed by atoms with van der Waals surface area (Å²) in [6.45, 7) is 1.37. The molecule has 0 fully saturated rings. The summed E-state index contributed by atoms with van der Waals surface area (Å²) >= 11 is 0. The number of hydrogen-bond donors (Lipinski definition) is 2. The number of carbonyl (C=O) groups excluding carboxylic acids is 1. The van der Waals surface area contributed by atoms with Crippen LogP contribution in [0.2, 0.25) is 0 Å². The third-order valence-electron chi connectivity index (χ3n) is 2.27. The zero-order valence-electron chi connectivity index (χ0n) is 7.06. The van der Waals surface area contributed by atoms with E-state index >= 15 is 0 Å². The van der Waals surface area contributed by atoms with Crippen LogP contribution in [-0.2, 0) is 5.72 Å². The van der Waals surface area contributed by atoms with E-state index in [0.717, 1.165) is 0 Å². The van der Waals surface area contributed by atoms with Gasteiger partial charge in [-0.1, -0.05) is 18.2 Å². The van der Waals surface area contributed by atoms with Crippen molar-refractivity contribution in [3.8, 4) is 0 Å². The number of hydrogen-bond acceptors (Lipinski definition) is 3. The molecule has 2 N–H and O–H groups in total. The van der Waals surface area contributed by atoms with Crippen LogP contribution in [0.3, 0.4) is 0 Å². The van der Waals surface area contributed by atoms with E-state index in [9.17, 15) is 15.1 Å². The van der Waals surface area contributed by atoms with Crippen LogP contribution in [0, 0.1) is 0 Å². The molecule has 13 heavy (non-hydrogen) atoms. The first kappa shape index (κ1) is 8.22. The molecule has 2 rings (SSSR count). The van der Waals surface area contributed by atoms with Crippen molar-refractivity contribution in [3.05, 3.63) is 35.4 Å². The number of carbonyl (C=O) groups is 1. The third-order valence-corrected chi connectivity index (χ3v) is 2.27. The Hall–Kier alpha value is -1.39. The Kier molecular flexibility index (Phi) is 1.46. The highest BCUT2D eigenvalue weighted by atomic mass is 16.6. The molecule has 4 heteroatoms. The number of hydroxylamine groups is 2. The Balaban J connectivity index is 2.68. The fourth-order valence-electron chi connectivity index (χ4n) is 1.51. The minimum atomic E-state index is -1.60. The fraction of sp³-hybridized carbons (Fsp3) is 0.222. The predicted molar refractivity (Wildman–Crippen MR) is 44.0 cm³/mol. The lowest BCUT2D eigenvalue weighted by atomic mass is 10.0. The topological polar surface area (TPSA) is 60.8 Å². The van der Waals surface area contributed by atoms with E-state index in [-0.39, 0.29) is 0 Å². The number of nitrogens with zero attached hydrogens (tertiary/aromatic N) is 1. The second-order valence-corrected chi connectivity index (χ2v) is 3.18. The van der Waals surface area contributed by atoms with Gasteiger partial charge in [0.25, 0.3) is 5.91 Å². The lowest BCUT2D eigenvalue weighted by Gasteiger charge is -2.24. The zero-order chi connectivity index (χ0) is 9.64. The Morgan fingerprint density at radius 3 is 2.62 bits per heavy atom. The maximum atomic E-state index is 11.3. The zero-order valence-corrected chi connectivity index (χ0v) is 7.06. The van der Waals surface area contributed by atoms with Gasteiger partial charge in [0, 0.05) is 11.1 Å². The van der Waals surface area contributed by atoms with Crippen LogP contribution in [0.5, 0.6) is 0 Å². The molecule has 1 atom stereocenters. The second-order valence-electron chi connectivity index (χ2n) is 3.18. The largest absolute Gasteiger partial charge is 0.365 e. The van der Waals surface area contributed by atoms with Crippen molar-refractivity contribution < 1.29 is 15.1 Å². The summed E-state index contributed by atoms with van der Waals surface area (Å²) in [4.78, 5) is 11.3. The average molecular weight is 179 g/mol. The van der Waals surface area contributed by atoms with Gasteiger partial charge < -0.3 is 5.11 Å². The molecule has 1 amide bonds. The van der Waals surface area contributed by atoms with Crippen LogP contribution in [0.4, 0.5) is 0 Å². The average Bonchev–Trinajstić information content (AvgIpc) is 2.30. The van der Waals surface area contributed by atoms with E-state index in [0.29, 0.717) is 16.2 Å². The number of rotatable bonds is 0. The highest BCUT2D eigenvalue weighted by molar-refractivity contribution is 5.98. The van der Waals surface area contributed by atoms with Crippen molar-refractivity contribution in [1.82, 2.24) is 5.06 Å². The lowest BCUT2D eigenvalue weighted by Crippen LogP contribution is -2.38. The molecule has 1 aliphatic heterocycles. The molecule has 0 aliphatic carbocycles. The van der Waals surface area contributed by atoms with Crippen LogP contribution in [-0.4, -0.2) is 21.3 Å². The monoisotopic (exact) mass is 179 g/mol. The van der Waals surface area contributed by atoms with Gasteiger partial charge in [-0.05, 0) is 13.0 Å². The van der Waals surface area contributed by atoms with E-state index < -0.39 is 11.6 Å². The van der Waals surface area contributed by atoms with Crippen LogP contribution in [0.1, 0.15) is 22.8 Å². The molecule has 1 aliphatic rings. The van der Waals surface area contributed by atoms with E-state index in [4.69, 9.17) is 0 Å². The van der Waals surface area contributed by atoms with Crippen molar-refractivity contribution in [2.24, 2.45) is 0 Å². The molecule has 4 nitrogen and oxygen atoms in total. The summed E-state index contributed by atoms with van der Waals surface area (Å²) in [6.07, 6.45) is 0. The van der Waals surface area contributed by atoms with Crippen molar-refractivity contribution in [2.75, 3.05) is 0 Å².